The standard InChI is InChI=1S/C15H9Cl2F3N4O2S/c1-27(25,26)9-3-5-12(21-7-9)24-13(22-14(23-24)15(18,19)20)10-4-2-8(16)6-11(10)17/h2-7H,1H3. The summed E-state index contributed by atoms with van der Waals surface area (Å²) < 4.78 is 63.2. The smallest absolute Gasteiger partial charge is 0.236 e. The number of alkyl halides is 3. The molecule has 3 rings (SSSR count). The molecule has 3 aromatic rings. The zero-order valence-electron chi connectivity index (χ0n) is 13.4. The van der Waals surface area contributed by atoms with E-state index >= 15 is 0 Å². The van der Waals surface area contributed by atoms with Gasteiger partial charge in [0.25, 0.3) is 5.82 Å². The van der Waals surface area contributed by atoms with Crippen molar-refractivity contribution in [3.8, 4) is 17.2 Å². The quantitative estimate of drug-likeness (QED) is 0.618. The first kappa shape index (κ1) is 19.6. The molecule has 6 nitrogen and oxygen atoms in total. The number of pyridine rings is 1. The molecule has 0 saturated carbocycles. The van der Waals surface area contributed by atoms with Gasteiger partial charge in [-0.3, -0.25) is 0 Å². The highest BCUT2D eigenvalue weighted by molar-refractivity contribution is 7.90. The van der Waals surface area contributed by atoms with Crippen LogP contribution in [0, 0.1) is 0 Å². The monoisotopic (exact) mass is 436 g/mol. The second kappa shape index (κ2) is 6.77. The number of hydrogen-bond acceptors (Lipinski definition) is 5. The second-order valence-electron chi connectivity index (χ2n) is 5.42. The maximum absolute atomic E-state index is 13.1. The number of sulfone groups is 1. The fourth-order valence-electron chi connectivity index (χ4n) is 2.15. The minimum absolute atomic E-state index is 0.0635. The Bertz CT molecular complexity index is 1110. The number of halogens is 5. The van der Waals surface area contributed by atoms with E-state index in [0.717, 1.165) is 17.1 Å². The summed E-state index contributed by atoms with van der Waals surface area (Å²) in [6, 6.07) is 6.62. The molecular formula is C15H9Cl2F3N4O2S. The fraction of sp³-hybridized carbons (Fsp3) is 0.133. The molecular weight excluding hydrogens is 428 g/mol. The van der Waals surface area contributed by atoms with Gasteiger partial charge in [-0.15, -0.1) is 5.10 Å². The van der Waals surface area contributed by atoms with E-state index in [4.69, 9.17) is 23.2 Å². The Morgan fingerprint density at radius 3 is 2.33 bits per heavy atom. The molecule has 0 aliphatic rings. The average molecular weight is 437 g/mol. The van der Waals surface area contributed by atoms with Crippen LogP contribution in [0.3, 0.4) is 0 Å². The van der Waals surface area contributed by atoms with Crippen LogP contribution in [0.25, 0.3) is 17.2 Å². The number of benzene rings is 1. The third kappa shape index (κ3) is 4.07. The van der Waals surface area contributed by atoms with Crippen molar-refractivity contribution in [2.24, 2.45) is 0 Å². The van der Waals surface area contributed by atoms with Crippen molar-refractivity contribution in [2.75, 3.05) is 6.26 Å². The Morgan fingerprint density at radius 1 is 1.11 bits per heavy atom. The summed E-state index contributed by atoms with van der Waals surface area (Å²) in [6.07, 6.45) is -2.79. The molecule has 2 aromatic heterocycles. The third-order valence-corrected chi connectivity index (χ3v) is 5.04. The van der Waals surface area contributed by atoms with E-state index in [1.807, 2.05) is 0 Å². The summed E-state index contributed by atoms with van der Waals surface area (Å²) in [7, 11) is -3.52. The Balaban J connectivity index is 2.21. The van der Waals surface area contributed by atoms with Crippen molar-refractivity contribution in [2.45, 2.75) is 11.1 Å². The van der Waals surface area contributed by atoms with Crippen molar-refractivity contribution in [3.63, 3.8) is 0 Å². The van der Waals surface area contributed by atoms with Crippen LogP contribution in [0.4, 0.5) is 13.2 Å². The number of aromatic nitrogens is 4. The van der Waals surface area contributed by atoms with Gasteiger partial charge in [0.15, 0.2) is 21.5 Å². The molecule has 0 amide bonds. The highest BCUT2D eigenvalue weighted by atomic mass is 35.5. The van der Waals surface area contributed by atoms with Gasteiger partial charge in [0.05, 0.1) is 9.92 Å². The molecule has 2 heterocycles. The molecule has 0 N–H and O–H groups in total. The molecule has 0 spiro atoms. The molecule has 142 valence electrons. The molecule has 0 saturated heterocycles. The Labute approximate surface area is 161 Å². The molecule has 12 heteroatoms. The zero-order valence-corrected chi connectivity index (χ0v) is 15.7. The fourth-order valence-corrected chi connectivity index (χ4v) is 3.21. The maximum atomic E-state index is 13.1. The van der Waals surface area contributed by atoms with Crippen LogP contribution in [0.15, 0.2) is 41.4 Å². The maximum Gasteiger partial charge on any atom is 0.453 e. The van der Waals surface area contributed by atoms with E-state index in [-0.39, 0.29) is 27.1 Å². The van der Waals surface area contributed by atoms with E-state index in [2.05, 4.69) is 15.1 Å². The van der Waals surface area contributed by atoms with Gasteiger partial charge in [0.1, 0.15) is 0 Å². The van der Waals surface area contributed by atoms with Crippen LogP contribution < -0.4 is 0 Å². The molecule has 27 heavy (non-hydrogen) atoms. The first-order chi connectivity index (χ1) is 12.5. The minimum Gasteiger partial charge on any atom is -0.236 e. The molecule has 0 atom stereocenters. The van der Waals surface area contributed by atoms with E-state index < -0.39 is 21.8 Å². The van der Waals surface area contributed by atoms with Gasteiger partial charge in [-0.05, 0) is 30.3 Å². The molecule has 0 bridgehead atoms. The van der Waals surface area contributed by atoms with Crippen molar-refractivity contribution in [1.29, 1.82) is 0 Å². The molecule has 0 radical (unpaired) electrons. The lowest BCUT2D eigenvalue weighted by atomic mass is 10.2. The van der Waals surface area contributed by atoms with E-state index in [1.165, 1.54) is 30.3 Å². The molecule has 0 fully saturated rings. The highest BCUT2D eigenvalue weighted by Gasteiger charge is 2.38. The molecule has 0 aliphatic heterocycles. The van der Waals surface area contributed by atoms with Crippen LogP contribution in [0.1, 0.15) is 5.82 Å². The van der Waals surface area contributed by atoms with E-state index in [0.29, 0.717) is 5.02 Å². The summed E-state index contributed by atoms with van der Waals surface area (Å²) in [4.78, 5) is 7.33. The summed E-state index contributed by atoms with van der Waals surface area (Å²) in [6.45, 7) is 0. The first-order valence-electron chi connectivity index (χ1n) is 7.13. The number of rotatable bonds is 3. The Morgan fingerprint density at radius 2 is 1.81 bits per heavy atom. The lowest BCUT2D eigenvalue weighted by molar-refractivity contribution is -0.144. The zero-order chi connectivity index (χ0) is 20.0. The Kier molecular flexibility index (Phi) is 4.91. The van der Waals surface area contributed by atoms with E-state index in [9.17, 15) is 21.6 Å². The SMILES string of the molecule is CS(=O)(=O)c1ccc(-n2nc(C(F)(F)F)nc2-c2ccc(Cl)cc2Cl)nc1. The topological polar surface area (TPSA) is 77.7 Å². The number of hydrogen-bond donors (Lipinski definition) is 0. The predicted octanol–water partition coefficient (Wildman–Crippen LogP) is 4.06. The van der Waals surface area contributed by atoms with Crippen molar-refractivity contribution >= 4 is 33.0 Å². The lowest BCUT2D eigenvalue weighted by Crippen LogP contribution is -2.09. The van der Waals surface area contributed by atoms with Crippen LogP contribution in [-0.2, 0) is 16.0 Å². The second-order valence-corrected chi connectivity index (χ2v) is 8.28. The largest absolute Gasteiger partial charge is 0.453 e. The van der Waals surface area contributed by atoms with Crippen molar-refractivity contribution in [1.82, 2.24) is 19.7 Å². The molecule has 0 aliphatic carbocycles. The average Bonchev–Trinajstić information content (AvgIpc) is 2.99. The van der Waals surface area contributed by atoms with Crippen LogP contribution >= 0.6 is 23.2 Å². The van der Waals surface area contributed by atoms with Crippen LogP contribution in [0.2, 0.25) is 10.0 Å². The van der Waals surface area contributed by atoms with Gasteiger partial charge >= 0.3 is 6.18 Å². The van der Waals surface area contributed by atoms with Gasteiger partial charge in [-0.1, -0.05) is 23.2 Å². The van der Waals surface area contributed by atoms with Gasteiger partial charge in [0, 0.05) is 23.0 Å². The van der Waals surface area contributed by atoms with Crippen molar-refractivity contribution < 1.29 is 21.6 Å². The van der Waals surface area contributed by atoms with Crippen LogP contribution in [-0.4, -0.2) is 34.4 Å². The van der Waals surface area contributed by atoms with Gasteiger partial charge in [-0.25, -0.2) is 18.4 Å². The van der Waals surface area contributed by atoms with Gasteiger partial charge in [0.2, 0.25) is 0 Å². The molecule has 0 unspecified atom stereocenters. The van der Waals surface area contributed by atoms with Crippen molar-refractivity contribution in [3.05, 3.63) is 52.4 Å². The van der Waals surface area contributed by atoms with Gasteiger partial charge in [-0.2, -0.15) is 17.9 Å². The van der Waals surface area contributed by atoms with E-state index in [1.54, 1.807) is 0 Å². The third-order valence-electron chi connectivity index (χ3n) is 3.40. The normalized spacial score (nSPS) is 12.4. The summed E-state index contributed by atoms with van der Waals surface area (Å²) in [5.74, 6) is -1.67. The lowest BCUT2D eigenvalue weighted by Gasteiger charge is -2.07. The van der Waals surface area contributed by atoms with Gasteiger partial charge < -0.3 is 0 Å². The summed E-state index contributed by atoms with van der Waals surface area (Å²) in [5, 5.41) is 3.82. The predicted molar refractivity (Wildman–Crippen MR) is 92.7 cm³/mol. The summed E-state index contributed by atoms with van der Waals surface area (Å²) in [5.41, 5.74) is 0.151. The van der Waals surface area contributed by atoms with Crippen LogP contribution in [0.5, 0.6) is 0 Å². The Hall–Kier alpha value is -2.17. The number of nitrogens with zero attached hydrogens (tertiary/aromatic N) is 4. The summed E-state index contributed by atoms with van der Waals surface area (Å²) >= 11 is 11.9. The molecule has 1 aromatic carbocycles. The highest BCUT2D eigenvalue weighted by Crippen LogP contribution is 2.34. The minimum atomic E-state index is -4.80. The first-order valence-corrected chi connectivity index (χ1v) is 9.78.